The van der Waals surface area contributed by atoms with Gasteiger partial charge in [-0.25, -0.2) is 4.98 Å². The number of rotatable bonds is 3. The van der Waals surface area contributed by atoms with Gasteiger partial charge in [0.05, 0.1) is 5.69 Å². The molecule has 5 heterocycles. The van der Waals surface area contributed by atoms with E-state index < -0.39 is 0 Å². The Hall–Kier alpha value is -3.45. The molecule has 1 saturated heterocycles. The van der Waals surface area contributed by atoms with Gasteiger partial charge in [0, 0.05) is 72.9 Å². The third kappa shape index (κ3) is 3.53. The number of aromatic nitrogens is 4. The van der Waals surface area contributed by atoms with Crippen molar-refractivity contribution in [1.29, 1.82) is 0 Å². The number of aromatic amines is 1. The highest BCUT2D eigenvalue weighted by atomic mass is 15.2. The van der Waals surface area contributed by atoms with Crippen molar-refractivity contribution in [1.82, 2.24) is 25.1 Å². The molecule has 0 unspecified atom stereocenters. The monoisotopic (exact) mass is 439 g/mol. The largest absolute Gasteiger partial charge is 0.370 e. The number of hydrogen-bond donors (Lipinski definition) is 2. The summed E-state index contributed by atoms with van der Waals surface area (Å²) >= 11 is 0. The number of aryl methyl sites for hydroxylation is 2. The van der Waals surface area contributed by atoms with Gasteiger partial charge in [0.15, 0.2) is 5.65 Å². The van der Waals surface area contributed by atoms with Gasteiger partial charge in [-0.15, -0.1) is 10.2 Å². The Labute approximate surface area is 193 Å². The van der Waals surface area contributed by atoms with Crippen LogP contribution in [-0.4, -0.2) is 64.8 Å². The highest BCUT2D eigenvalue weighted by Gasteiger charge is 2.20. The van der Waals surface area contributed by atoms with Crippen LogP contribution in [0.4, 0.5) is 11.5 Å². The SMILES string of the molecule is Cc1cc(-c2cc3c(-c4cnc5c(c4)CCN5)c[nH]c3nn2)cc(C)c1N1CCN(C)CC1. The maximum Gasteiger partial charge on any atom is 0.160 e. The van der Waals surface area contributed by atoms with Crippen LogP contribution in [-0.2, 0) is 6.42 Å². The number of H-pyrrole nitrogens is 1. The molecule has 0 atom stereocenters. The van der Waals surface area contributed by atoms with E-state index in [0.29, 0.717) is 0 Å². The number of piperazine rings is 1. The summed E-state index contributed by atoms with van der Waals surface area (Å²) < 4.78 is 0. The number of nitrogens with zero attached hydrogens (tertiary/aromatic N) is 5. The predicted octanol–water partition coefficient (Wildman–Crippen LogP) is 4.02. The minimum atomic E-state index is 0.801. The average molecular weight is 440 g/mol. The predicted molar refractivity (Wildman–Crippen MR) is 134 cm³/mol. The summed E-state index contributed by atoms with van der Waals surface area (Å²) in [6, 6.07) is 8.91. The van der Waals surface area contributed by atoms with E-state index in [0.717, 1.165) is 78.4 Å². The summed E-state index contributed by atoms with van der Waals surface area (Å²) in [5, 5.41) is 13.5. The normalized spacial score (nSPS) is 16.3. The zero-order valence-corrected chi connectivity index (χ0v) is 19.4. The lowest BCUT2D eigenvalue weighted by atomic mass is 9.99. The molecular formula is C26H29N7. The molecule has 7 heteroatoms. The van der Waals surface area contributed by atoms with E-state index in [1.807, 2.05) is 12.4 Å². The molecule has 0 radical (unpaired) electrons. The number of benzene rings is 1. The first-order chi connectivity index (χ1) is 16.1. The van der Waals surface area contributed by atoms with Crippen molar-refractivity contribution < 1.29 is 0 Å². The van der Waals surface area contributed by atoms with E-state index in [1.165, 1.54) is 22.4 Å². The van der Waals surface area contributed by atoms with Crippen molar-refractivity contribution in [3.63, 3.8) is 0 Å². The zero-order chi connectivity index (χ0) is 22.5. The molecule has 0 saturated carbocycles. The number of hydrogen-bond acceptors (Lipinski definition) is 6. The van der Waals surface area contributed by atoms with E-state index in [9.17, 15) is 0 Å². The Bertz CT molecular complexity index is 1330. The Kier molecular flexibility index (Phi) is 4.80. The maximum atomic E-state index is 4.62. The lowest BCUT2D eigenvalue weighted by Crippen LogP contribution is -2.45. The summed E-state index contributed by atoms with van der Waals surface area (Å²) in [6.45, 7) is 9.72. The van der Waals surface area contributed by atoms with Crippen molar-refractivity contribution in [3.8, 4) is 22.4 Å². The molecule has 0 spiro atoms. The number of likely N-dealkylation sites (N-methyl/N-ethyl adjacent to an activating group) is 1. The van der Waals surface area contributed by atoms with Crippen LogP contribution >= 0.6 is 0 Å². The highest BCUT2D eigenvalue weighted by Crippen LogP contribution is 2.34. The fourth-order valence-electron chi connectivity index (χ4n) is 5.26. The molecule has 7 nitrogen and oxygen atoms in total. The Balaban J connectivity index is 1.38. The van der Waals surface area contributed by atoms with Gasteiger partial charge in [-0.05, 0) is 68.3 Å². The smallest absolute Gasteiger partial charge is 0.160 e. The molecule has 2 aliphatic heterocycles. The molecule has 0 amide bonds. The first-order valence-corrected chi connectivity index (χ1v) is 11.7. The maximum absolute atomic E-state index is 4.62. The van der Waals surface area contributed by atoms with Crippen LogP contribution in [0.3, 0.4) is 0 Å². The third-order valence-corrected chi connectivity index (χ3v) is 7.01. The van der Waals surface area contributed by atoms with Crippen LogP contribution in [0.2, 0.25) is 0 Å². The number of pyridine rings is 1. The molecule has 1 aromatic carbocycles. The van der Waals surface area contributed by atoms with Crippen LogP contribution in [0.1, 0.15) is 16.7 Å². The molecule has 1 fully saturated rings. The molecule has 4 aromatic rings. The first-order valence-electron chi connectivity index (χ1n) is 11.7. The lowest BCUT2D eigenvalue weighted by Gasteiger charge is -2.36. The minimum absolute atomic E-state index is 0.801. The zero-order valence-electron chi connectivity index (χ0n) is 19.4. The van der Waals surface area contributed by atoms with Gasteiger partial charge in [0.1, 0.15) is 5.82 Å². The molecule has 2 aliphatic rings. The molecule has 6 rings (SSSR count). The molecule has 168 valence electrons. The second kappa shape index (κ2) is 7.85. The highest BCUT2D eigenvalue weighted by molar-refractivity contribution is 5.95. The van der Waals surface area contributed by atoms with Crippen molar-refractivity contribution in [3.05, 3.63) is 53.3 Å². The number of anilines is 2. The summed E-state index contributed by atoms with van der Waals surface area (Å²) in [5.74, 6) is 1.01. The molecule has 3 aromatic heterocycles. The first kappa shape index (κ1) is 20.2. The van der Waals surface area contributed by atoms with Gasteiger partial charge >= 0.3 is 0 Å². The van der Waals surface area contributed by atoms with E-state index in [-0.39, 0.29) is 0 Å². The summed E-state index contributed by atoms with van der Waals surface area (Å²) in [5.41, 5.74) is 10.3. The van der Waals surface area contributed by atoms with Crippen molar-refractivity contribution in [2.75, 3.05) is 50.0 Å². The third-order valence-electron chi connectivity index (χ3n) is 7.01. The Morgan fingerprint density at radius 3 is 2.48 bits per heavy atom. The van der Waals surface area contributed by atoms with Gasteiger partial charge in [0.25, 0.3) is 0 Å². The Morgan fingerprint density at radius 1 is 0.909 bits per heavy atom. The van der Waals surface area contributed by atoms with Gasteiger partial charge in [-0.3, -0.25) is 0 Å². The minimum Gasteiger partial charge on any atom is -0.370 e. The van der Waals surface area contributed by atoms with Crippen LogP contribution in [0, 0.1) is 13.8 Å². The average Bonchev–Trinajstić information content (AvgIpc) is 3.45. The van der Waals surface area contributed by atoms with Crippen LogP contribution < -0.4 is 10.2 Å². The van der Waals surface area contributed by atoms with E-state index in [2.05, 4.69) is 80.4 Å². The quantitative estimate of drug-likeness (QED) is 0.502. The summed E-state index contributed by atoms with van der Waals surface area (Å²) in [6.07, 6.45) is 4.97. The van der Waals surface area contributed by atoms with Gasteiger partial charge < -0.3 is 20.1 Å². The van der Waals surface area contributed by atoms with Gasteiger partial charge in [-0.2, -0.15) is 0 Å². The van der Waals surface area contributed by atoms with E-state index in [4.69, 9.17) is 0 Å². The molecule has 0 aliphatic carbocycles. The number of nitrogens with one attached hydrogen (secondary N) is 2. The van der Waals surface area contributed by atoms with Crippen LogP contribution in [0.5, 0.6) is 0 Å². The lowest BCUT2D eigenvalue weighted by molar-refractivity contribution is 0.312. The van der Waals surface area contributed by atoms with Crippen molar-refractivity contribution >= 4 is 22.5 Å². The van der Waals surface area contributed by atoms with Crippen LogP contribution in [0.15, 0.2) is 36.7 Å². The molecule has 0 bridgehead atoms. The van der Waals surface area contributed by atoms with Crippen molar-refractivity contribution in [2.45, 2.75) is 20.3 Å². The molecule has 33 heavy (non-hydrogen) atoms. The van der Waals surface area contributed by atoms with Crippen molar-refractivity contribution in [2.24, 2.45) is 0 Å². The molecular weight excluding hydrogens is 410 g/mol. The topological polar surface area (TPSA) is 73.0 Å². The molecule has 2 N–H and O–H groups in total. The fraction of sp³-hybridized carbons (Fsp3) is 0.346. The second-order valence-corrected chi connectivity index (χ2v) is 9.35. The standard InChI is InChI=1S/C26H29N7/c1-16-10-19(11-17(2)24(16)33-8-6-32(3)7-9-33)23-13-21-22(15-29-26(21)31-30-23)20-12-18-4-5-27-25(18)28-14-20/h10-15H,4-9H2,1-3H3,(H,27,28)(H,29,31). The fourth-order valence-corrected chi connectivity index (χ4v) is 5.26. The summed E-state index contributed by atoms with van der Waals surface area (Å²) in [7, 11) is 2.19. The van der Waals surface area contributed by atoms with Gasteiger partial charge in [-0.1, -0.05) is 0 Å². The van der Waals surface area contributed by atoms with Gasteiger partial charge in [0.2, 0.25) is 0 Å². The van der Waals surface area contributed by atoms with E-state index >= 15 is 0 Å². The summed E-state index contributed by atoms with van der Waals surface area (Å²) in [4.78, 5) is 12.8. The van der Waals surface area contributed by atoms with E-state index in [1.54, 1.807) is 0 Å². The second-order valence-electron chi connectivity index (χ2n) is 9.35. The Morgan fingerprint density at radius 2 is 1.70 bits per heavy atom. The number of fused-ring (bicyclic) bond motifs is 2. The van der Waals surface area contributed by atoms with Crippen LogP contribution in [0.25, 0.3) is 33.4 Å².